The lowest BCUT2D eigenvalue weighted by atomic mass is 9.93. The highest BCUT2D eigenvalue weighted by molar-refractivity contribution is 5.95. The van der Waals surface area contributed by atoms with Crippen LogP contribution in [0.25, 0.3) is 0 Å². The minimum Gasteiger partial charge on any atom is -0.301 e. The first kappa shape index (κ1) is 20.6. The Hall–Kier alpha value is -2.66. The van der Waals surface area contributed by atoms with E-state index in [1.807, 2.05) is 6.07 Å². The van der Waals surface area contributed by atoms with E-state index in [2.05, 4.69) is 68.1 Å². The van der Waals surface area contributed by atoms with Gasteiger partial charge in [-0.25, -0.2) is 0 Å². The molecule has 27 heavy (non-hydrogen) atoms. The van der Waals surface area contributed by atoms with Gasteiger partial charge in [0.05, 0.1) is 6.54 Å². The SMILES string of the molecule is CC(C)c1ccc([C@@H](NCC(=O)NNC(=O)c2ccccc2)C(C)C)cc1. The maximum Gasteiger partial charge on any atom is 0.269 e. The fourth-order valence-electron chi connectivity index (χ4n) is 2.86. The second kappa shape index (κ2) is 9.88. The van der Waals surface area contributed by atoms with E-state index in [9.17, 15) is 9.59 Å². The average Bonchev–Trinajstić information content (AvgIpc) is 2.67. The van der Waals surface area contributed by atoms with Gasteiger partial charge in [0.15, 0.2) is 0 Å². The highest BCUT2D eigenvalue weighted by atomic mass is 16.2. The summed E-state index contributed by atoms with van der Waals surface area (Å²) in [5, 5.41) is 3.28. The lowest BCUT2D eigenvalue weighted by Gasteiger charge is -2.23. The molecule has 0 radical (unpaired) electrons. The molecule has 1 atom stereocenters. The van der Waals surface area contributed by atoms with Crippen LogP contribution in [-0.4, -0.2) is 18.4 Å². The number of carbonyl (C=O) groups is 2. The summed E-state index contributed by atoms with van der Waals surface area (Å²) in [5.41, 5.74) is 7.82. The Morgan fingerprint density at radius 1 is 0.815 bits per heavy atom. The summed E-state index contributed by atoms with van der Waals surface area (Å²) in [6.07, 6.45) is 0. The van der Waals surface area contributed by atoms with Crippen molar-refractivity contribution in [3.05, 3.63) is 71.3 Å². The predicted octanol–water partition coefficient (Wildman–Crippen LogP) is 3.56. The second-order valence-corrected chi connectivity index (χ2v) is 7.29. The predicted molar refractivity (Wildman–Crippen MR) is 108 cm³/mol. The largest absolute Gasteiger partial charge is 0.301 e. The van der Waals surface area contributed by atoms with Crippen LogP contribution in [0.3, 0.4) is 0 Å². The number of nitrogens with one attached hydrogen (secondary N) is 3. The van der Waals surface area contributed by atoms with Crippen molar-refractivity contribution >= 4 is 11.8 Å². The lowest BCUT2D eigenvalue weighted by Crippen LogP contribution is -2.46. The molecule has 0 aromatic heterocycles. The van der Waals surface area contributed by atoms with E-state index < -0.39 is 0 Å². The summed E-state index contributed by atoms with van der Waals surface area (Å²) in [6, 6.07) is 17.3. The number of hydrogen-bond acceptors (Lipinski definition) is 3. The van der Waals surface area contributed by atoms with E-state index in [4.69, 9.17) is 0 Å². The normalized spacial score (nSPS) is 12.1. The van der Waals surface area contributed by atoms with Crippen molar-refractivity contribution in [2.24, 2.45) is 5.92 Å². The molecular formula is C22H29N3O2. The van der Waals surface area contributed by atoms with Gasteiger partial charge in [-0.1, -0.05) is 70.2 Å². The Kier molecular flexibility index (Phi) is 7.55. The zero-order valence-electron chi connectivity index (χ0n) is 16.5. The smallest absolute Gasteiger partial charge is 0.269 e. The van der Waals surface area contributed by atoms with Gasteiger partial charge in [-0.3, -0.25) is 20.4 Å². The van der Waals surface area contributed by atoms with E-state index in [1.165, 1.54) is 5.56 Å². The van der Waals surface area contributed by atoms with Crippen LogP contribution in [0, 0.1) is 5.92 Å². The number of amides is 2. The van der Waals surface area contributed by atoms with E-state index in [0.717, 1.165) is 5.56 Å². The minimum absolute atomic E-state index is 0.0572. The van der Waals surface area contributed by atoms with Gasteiger partial charge < -0.3 is 5.32 Å². The summed E-state index contributed by atoms with van der Waals surface area (Å²) >= 11 is 0. The summed E-state index contributed by atoms with van der Waals surface area (Å²) in [4.78, 5) is 24.0. The molecule has 0 aliphatic carbocycles. The Balaban J connectivity index is 1.88. The van der Waals surface area contributed by atoms with Crippen molar-refractivity contribution < 1.29 is 9.59 Å². The maximum absolute atomic E-state index is 12.1. The van der Waals surface area contributed by atoms with Crippen LogP contribution < -0.4 is 16.2 Å². The molecule has 5 nitrogen and oxygen atoms in total. The number of hydrazine groups is 1. The van der Waals surface area contributed by atoms with Gasteiger partial charge in [0.1, 0.15) is 0 Å². The highest BCUT2D eigenvalue weighted by Gasteiger charge is 2.17. The monoisotopic (exact) mass is 367 g/mol. The Morgan fingerprint density at radius 2 is 1.41 bits per heavy atom. The molecule has 0 aliphatic heterocycles. The van der Waals surface area contributed by atoms with Crippen LogP contribution in [0.1, 0.15) is 61.1 Å². The molecule has 2 rings (SSSR count). The molecule has 0 saturated heterocycles. The fourth-order valence-corrected chi connectivity index (χ4v) is 2.86. The Labute approximate surface area is 161 Å². The third-order valence-corrected chi connectivity index (χ3v) is 4.46. The average molecular weight is 367 g/mol. The van der Waals surface area contributed by atoms with Crippen LogP contribution >= 0.6 is 0 Å². The summed E-state index contributed by atoms with van der Waals surface area (Å²) < 4.78 is 0. The number of carbonyl (C=O) groups excluding carboxylic acids is 2. The number of benzene rings is 2. The third-order valence-electron chi connectivity index (χ3n) is 4.46. The summed E-state index contributed by atoms with van der Waals surface area (Å²) in [7, 11) is 0. The molecule has 0 unspecified atom stereocenters. The Bertz CT molecular complexity index is 740. The van der Waals surface area contributed by atoms with Gasteiger partial charge in [0.2, 0.25) is 0 Å². The topological polar surface area (TPSA) is 70.2 Å². The zero-order valence-corrected chi connectivity index (χ0v) is 16.5. The molecule has 2 aromatic rings. The van der Waals surface area contributed by atoms with Gasteiger partial charge in [-0.05, 0) is 35.1 Å². The van der Waals surface area contributed by atoms with Gasteiger partial charge >= 0.3 is 0 Å². The first-order valence-corrected chi connectivity index (χ1v) is 9.36. The molecule has 2 amide bonds. The first-order valence-electron chi connectivity index (χ1n) is 9.36. The van der Waals surface area contributed by atoms with Crippen LogP contribution in [0.2, 0.25) is 0 Å². The number of rotatable bonds is 7. The van der Waals surface area contributed by atoms with Crippen molar-refractivity contribution in [2.75, 3.05) is 6.54 Å². The molecule has 0 heterocycles. The molecule has 0 bridgehead atoms. The fraction of sp³-hybridized carbons (Fsp3) is 0.364. The van der Waals surface area contributed by atoms with Crippen molar-refractivity contribution in [1.82, 2.24) is 16.2 Å². The number of hydrogen-bond donors (Lipinski definition) is 3. The van der Waals surface area contributed by atoms with E-state index in [0.29, 0.717) is 17.4 Å². The second-order valence-electron chi connectivity index (χ2n) is 7.29. The van der Waals surface area contributed by atoms with Gasteiger partial charge in [-0.2, -0.15) is 0 Å². The summed E-state index contributed by atoms with van der Waals surface area (Å²) in [6.45, 7) is 8.68. The molecule has 0 saturated carbocycles. The zero-order chi connectivity index (χ0) is 19.8. The van der Waals surface area contributed by atoms with Crippen LogP contribution in [0.4, 0.5) is 0 Å². The van der Waals surface area contributed by atoms with Crippen molar-refractivity contribution in [2.45, 2.75) is 39.7 Å². The van der Waals surface area contributed by atoms with Crippen LogP contribution in [-0.2, 0) is 4.79 Å². The third kappa shape index (κ3) is 6.22. The first-order chi connectivity index (χ1) is 12.9. The lowest BCUT2D eigenvalue weighted by molar-refractivity contribution is -0.121. The quantitative estimate of drug-likeness (QED) is 0.656. The molecular weight excluding hydrogens is 338 g/mol. The van der Waals surface area contributed by atoms with Crippen LogP contribution in [0.15, 0.2) is 54.6 Å². The summed E-state index contributed by atoms with van der Waals surface area (Å²) in [5.74, 6) is 0.183. The van der Waals surface area contributed by atoms with Gasteiger partial charge in [-0.15, -0.1) is 0 Å². The van der Waals surface area contributed by atoms with Crippen molar-refractivity contribution in [3.8, 4) is 0 Å². The molecule has 5 heteroatoms. The van der Waals surface area contributed by atoms with Gasteiger partial charge in [0, 0.05) is 11.6 Å². The van der Waals surface area contributed by atoms with Crippen molar-refractivity contribution in [3.63, 3.8) is 0 Å². The highest BCUT2D eigenvalue weighted by Crippen LogP contribution is 2.23. The van der Waals surface area contributed by atoms with Gasteiger partial charge in [0.25, 0.3) is 11.8 Å². The minimum atomic E-state index is -0.339. The molecule has 0 spiro atoms. The van der Waals surface area contributed by atoms with E-state index in [1.54, 1.807) is 24.3 Å². The van der Waals surface area contributed by atoms with E-state index in [-0.39, 0.29) is 24.4 Å². The molecule has 3 N–H and O–H groups in total. The van der Waals surface area contributed by atoms with Crippen LogP contribution in [0.5, 0.6) is 0 Å². The maximum atomic E-state index is 12.1. The molecule has 0 aliphatic rings. The van der Waals surface area contributed by atoms with Crippen molar-refractivity contribution in [1.29, 1.82) is 0 Å². The van der Waals surface area contributed by atoms with E-state index >= 15 is 0 Å². The molecule has 2 aromatic carbocycles. The molecule has 144 valence electrons. The standard InChI is InChI=1S/C22H29N3O2/c1-15(2)17-10-12-18(13-11-17)21(16(3)4)23-14-20(26)24-25-22(27)19-8-6-5-7-9-19/h5-13,15-16,21,23H,14H2,1-4H3,(H,24,26)(H,25,27)/t21-/m0/s1. The Morgan fingerprint density at radius 3 is 1.96 bits per heavy atom. The molecule has 0 fully saturated rings.